The zero-order chi connectivity index (χ0) is 15.0. The minimum Gasteiger partial charge on any atom is -0.395 e. The van der Waals surface area contributed by atoms with Crippen molar-refractivity contribution >= 4 is 35.2 Å². The van der Waals surface area contributed by atoms with E-state index < -0.39 is 0 Å². The number of methoxy groups -OCH3 is 1. The summed E-state index contributed by atoms with van der Waals surface area (Å²) >= 11 is 11.9. The third kappa shape index (κ3) is 5.13. The molecule has 1 rings (SSSR count). The first-order chi connectivity index (χ1) is 9.60. The molecule has 0 fully saturated rings. The number of hydrogen-bond acceptors (Lipinski definition) is 3. The minimum absolute atomic E-state index is 0.0960. The minimum atomic E-state index is -0.216. The van der Waals surface area contributed by atoms with E-state index in [1.165, 1.54) is 11.0 Å². The molecule has 1 amide bonds. The Hall–Kier alpha value is -1.07. The highest BCUT2D eigenvalue weighted by molar-refractivity contribution is 6.42. The molecule has 0 aliphatic carbocycles. The fourth-order valence-electron chi connectivity index (χ4n) is 1.57. The van der Waals surface area contributed by atoms with Gasteiger partial charge in [-0.1, -0.05) is 35.3 Å². The number of hydrogen-bond donors (Lipinski definition) is 1. The first-order valence-electron chi connectivity index (χ1n) is 6.11. The van der Waals surface area contributed by atoms with Crippen molar-refractivity contribution in [3.05, 3.63) is 39.9 Å². The Morgan fingerprint density at radius 1 is 1.40 bits per heavy atom. The highest BCUT2D eigenvalue weighted by atomic mass is 35.5. The number of aliphatic hydroxyl groups excluding tert-OH is 1. The molecule has 0 aliphatic heterocycles. The summed E-state index contributed by atoms with van der Waals surface area (Å²) in [6.07, 6.45) is 3.01. The Morgan fingerprint density at radius 3 is 2.80 bits per heavy atom. The Balaban J connectivity index is 2.75. The molecule has 0 radical (unpaired) electrons. The van der Waals surface area contributed by atoms with E-state index in [-0.39, 0.29) is 19.1 Å². The van der Waals surface area contributed by atoms with Gasteiger partial charge in [0, 0.05) is 26.3 Å². The maximum atomic E-state index is 12.0. The summed E-state index contributed by atoms with van der Waals surface area (Å²) in [4.78, 5) is 13.5. The normalized spacial score (nSPS) is 11.0. The van der Waals surface area contributed by atoms with Gasteiger partial charge in [0.2, 0.25) is 5.91 Å². The van der Waals surface area contributed by atoms with Gasteiger partial charge in [-0.15, -0.1) is 0 Å². The van der Waals surface area contributed by atoms with Crippen molar-refractivity contribution in [3.63, 3.8) is 0 Å². The largest absolute Gasteiger partial charge is 0.395 e. The van der Waals surface area contributed by atoms with Crippen molar-refractivity contribution in [1.29, 1.82) is 0 Å². The quantitative estimate of drug-likeness (QED) is 0.786. The van der Waals surface area contributed by atoms with Crippen LogP contribution in [0.4, 0.5) is 0 Å². The van der Waals surface area contributed by atoms with E-state index in [0.29, 0.717) is 28.8 Å². The summed E-state index contributed by atoms with van der Waals surface area (Å²) in [5.41, 5.74) is 0.670. The van der Waals surface area contributed by atoms with Crippen LogP contribution in [0.1, 0.15) is 5.56 Å². The second kappa shape index (κ2) is 8.97. The molecule has 0 heterocycles. The number of nitrogens with zero attached hydrogens (tertiary/aromatic N) is 1. The molecule has 0 unspecified atom stereocenters. The van der Waals surface area contributed by atoms with Crippen molar-refractivity contribution in [2.45, 2.75) is 0 Å². The topological polar surface area (TPSA) is 49.8 Å². The van der Waals surface area contributed by atoms with Crippen LogP contribution in [-0.4, -0.2) is 49.3 Å². The van der Waals surface area contributed by atoms with Crippen LogP contribution in [0, 0.1) is 0 Å². The van der Waals surface area contributed by atoms with Gasteiger partial charge in [-0.05, 0) is 17.7 Å². The van der Waals surface area contributed by atoms with Crippen LogP contribution in [0.5, 0.6) is 0 Å². The molecule has 20 heavy (non-hydrogen) atoms. The Morgan fingerprint density at radius 2 is 2.15 bits per heavy atom. The summed E-state index contributed by atoms with van der Waals surface area (Å²) in [5, 5.41) is 9.80. The predicted molar refractivity (Wildman–Crippen MR) is 81.0 cm³/mol. The van der Waals surface area contributed by atoms with Gasteiger partial charge >= 0.3 is 0 Å². The highest BCUT2D eigenvalue weighted by Crippen LogP contribution is 2.26. The molecule has 6 heteroatoms. The Labute approximate surface area is 128 Å². The zero-order valence-electron chi connectivity index (χ0n) is 11.2. The fourth-order valence-corrected chi connectivity index (χ4v) is 1.94. The lowest BCUT2D eigenvalue weighted by atomic mass is 10.2. The molecule has 4 nitrogen and oxygen atoms in total. The van der Waals surface area contributed by atoms with Crippen molar-refractivity contribution in [2.24, 2.45) is 0 Å². The second-order valence-electron chi connectivity index (χ2n) is 4.02. The number of amides is 1. The van der Waals surface area contributed by atoms with Crippen LogP contribution in [0.3, 0.4) is 0 Å². The smallest absolute Gasteiger partial charge is 0.246 e. The third-order valence-electron chi connectivity index (χ3n) is 2.63. The van der Waals surface area contributed by atoms with E-state index in [1.807, 2.05) is 0 Å². The van der Waals surface area contributed by atoms with Gasteiger partial charge in [0.05, 0.1) is 23.3 Å². The van der Waals surface area contributed by atoms with Crippen LogP contribution in [0.25, 0.3) is 6.08 Å². The predicted octanol–water partition coefficient (Wildman–Crippen LogP) is 2.47. The average Bonchev–Trinajstić information content (AvgIpc) is 2.44. The molecule has 0 saturated carbocycles. The van der Waals surface area contributed by atoms with E-state index in [9.17, 15) is 4.79 Å². The molecule has 1 N–H and O–H groups in total. The maximum Gasteiger partial charge on any atom is 0.246 e. The fraction of sp³-hybridized carbons (Fsp3) is 0.357. The molecule has 0 bridgehead atoms. The van der Waals surface area contributed by atoms with E-state index in [2.05, 4.69) is 0 Å². The monoisotopic (exact) mass is 317 g/mol. The Kier molecular flexibility index (Phi) is 7.62. The van der Waals surface area contributed by atoms with Crippen LogP contribution >= 0.6 is 23.2 Å². The number of carbonyl (C=O) groups excluding carboxylic acids is 1. The van der Waals surface area contributed by atoms with Gasteiger partial charge in [-0.2, -0.15) is 0 Å². The molecule has 1 aromatic rings. The van der Waals surface area contributed by atoms with Crippen LogP contribution in [-0.2, 0) is 9.53 Å². The number of halogens is 2. The number of carbonyl (C=O) groups is 1. The lowest BCUT2D eigenvalue weighted by Crippen LogP contribution is -2.34. The summed E-state index contributed by atoms with van der Waals surface area (Å²) in [6.45, 7) is 0.998. The third-order valence-corrected chi connectivity index (χ3v) is 3.47. The maximum absolute atomic E-state index is 12.0. The molecule has 0 atom stereocenters. The molecule has 1 aromatic carbocycles. The van der Waals surface area contributed by atoms with E-state index in [0.717, 1.165) is 0 Å². The number of aliphatic hydroxyl groups is 1. The van der Waals surface area contributed by atoms with Crippen LogP contribution in [0.2, 0.25) is 10.0 Å². The van der Waals surface area contributed by atoms with Crippen molar-refractivity contribution < 1.29 is 14.6 Å². The standard InChI is InChI=1S/C14H17Cl2NO3/c1-20-10-8-17(7-9-18)13(19)6-5-11-3-2-4-12(15)14(11)16/h2-6,18H,7-10H2,1H3/b6-5+. The van der Waals surface area contributed by atoms with Crippen molar-refractivity contribution in [2.75, 3.05) is 33.4 Å². The van der Waals surface area contributed by atoms with E-state index >= 15 is 0 Å². The van der Waals surface area contributed by atoms with Gasteiger partial charge in [0.15, 0.2) is 0 Å². The van der Waals surface area contributed by atoms with Gasteiger partial charge in [0.25, 0.3) is 0 Å². The Bertz CT molecular complexity index is 477. The average molecular weight is 318 g/mol. The number of benzene rings is 1. The molecule has 0 spiro atoms. The highest BCUT2D eigenvalue weighted by Gasteiger charge is 2.09. The zero-order valence-corrected chi connectivity index (χ0v) is 12.7. The summed E-state index contributed by atoms with van der Waals surface area (Å²) < 4.78 is 4.93. The molecule has 0 aromatic heterocycles. The van der Waals surface area contributed by atoms with Gasteiger partial charge in [-0.3, -0.25) is 4.79 Å². The number of rotatable bonds is 7. The van der Waals surface area contributed by atoms with Crippen LogP contribution in [0.15, 0.2) is 24.3 Å². The molecule has 110 valence electrons. The van der Waals surface area contributed by atoms with Crippen molar-refractivity contribution in [1.82, 2.24) is 4.90 Å². The molecule has 0 aliphatic rings. The van der Waals surface area contributed by atoms with Crippen LogP contribution < -0.4 is 0 Å². The second-order valence-corrected chi connectivity index (χ2v) is 4.80. The first kappa shape index (κ1) is 17.0. The lowest BCUT2D eigenvalue weighted by Gasteiger charge is -2.19. The van der Waals surface area contributed by atoms with E-state index in [1.54, 1.807) is 31.4 Å². The SMILES string of the molecule is COCCN(CCO)C(=O)/C=C/c1cccc(Cl)c1Cl. The molecular weight excluding hydrogens is 301 g/mol. The summed E-state index contributed by atoms with van der Waals surface area (Å²) in [5.74, 6) is -0.216. The lowest BCUT2D eigenvalue weighted by molar-refractivity contribution is -0.127. The molecule has 0 saturated heterocycles. The first-order valence-corrected chi connectivity index (χ1v) is 6.86. The molecular formula is C14H17Cl2NO3. The van der Waals surface area contributed by atoms with Gasteiger partial charge < -0.3 is 14.7 Å². The summed E-state index contributed by atoms with van der Waals surface area (Å²) in [7, 11) is 1.56. The van der Waals surface area contributed by atoms with Crippen molar-refractivity contribution in [3.8, 4) is 0 Å². The van der Waals surface area contributed by atoms with Gasteiger partial charge in [0.1, 0.15) is 0 Å². The number of ether oxygens (including phenoxy) is 1. The van der Waals surface area contributed by atoms with E-state index in [4.69, 9.17) is 33.0 Å². The summed E-state index contributed by atoms with van der Waals surface area (Å²) in [6, 6.07) is 5.21. The van der Waals surface area contributed by atoms with Gasteiger partial charge in [-0.25, -0.2) is 0 Å².